The normalized spacial score (nSPS) is 35.9. The monoisotopic (exact) mass is 229 g/mol. The summed E-state index contributed by atoms with van der Waals surface area (Å²) in [5.74, 6) is 1.04. The van der Waals surface area contributed by atoms with Gasteiger partial charge in [-0.2, -0.15) is 11.8 Å². The van der Waals surface area contributed by atoms with Crippen LogP contribution in [0.4, 0.5) is 4.79 Å². The van der Waals surface area contributed by atoms with Gasteiger partial charge in [0.2, 0.25) is 0 Å². The van der Waals surface area contributed by atoms with Gasteiger partial charge in [-0.15, -0.1) is 0 Å². The molecule has 2 heterocycles. The first-order valence-corrected chi connectivity index (χ1v) is 6.67. The minimum Gasteiger partial charge on any atom is -0.332 e. The number of nitrogens with one attached hydrogen (secondary N) is 3. The summed E-state index contributed by atoms with van der Waals surface area (Å²) in [4.78, 5) is 11.2. The standard InChI is InChI=1S/C10H19N3OS/c1-3-4-6(11-2)9-8-7(5-15-9)12-10(14)13-8/h6-9,11H,3-5H2,1-2H3,(H2,12,13,14). The van der Waals surface area contributed by atoms with Gasteiger partial charge in [0.05, 0.1) is 12.1 Å². The van der Waals surface area contributed by atoms with Crippen LogP contribution in [0.3, 0.4) is 0 Å². The number of fused-ring (bicyclic) bond motifs is 1. The number of rotatable bonds is 4. The highest BCUT2D eigenvalue weighted by Crippen LogP contribution is 2.33. The minimum atomic E-state index is 0.00153. The highest BCUT2D eigenvalue weighted by atomic mass is 32.2. The van der Waals surface area contributed by atoms with E-state index in [0.29, 0.717) is 23.4 Å². The molecule has 5 heteroatoms. The molecule has 86 valence electrons. The quantitative estimate of drug-likeness (QED) is 0.617. The second-order valence-corrected chi connectivity index (χ2v) is 5.44. The predicted octanol–water partition coefficient (Wildman–Crippen LogP) is 0.540. The zero-order valence-electron chi connectivity index (χ0n) is 9.25. The molecule has 0 bridgehead atoms. The number of hydrogen-bond donors (Lipinski definition) is 3. The average Bonchev–Trinajstić information content (AvgIpc) is 2.73. The first-order valence-electron chi connectivity index (χ1n) is 5.62. The van der Waals surface area contributed by atoms with Crippen LogP contribution in [0.25, 0.3) is 0 Å². The molecule has 4 nitrogen and oxygen atoms in total. The lowest BCUT2D eigenvalue weighted by molar-refractivity contribution is 0.246. The largest absolute Gasteiger partial charge is 0.332 e. The Labute approximate surface area is 94.9 Å². The van der Waals surface area contributed by atoms with Gasteiger partial charge in [0, 0.05) is 17.0 Å². The lowest BCUT2D eigenvalue weighted by Crippen LogP contribution is -2.47. The van der Waals surface area contributed by atoms with Gasteiger partial charge in [-0.25, -0.2) is 4.79 Å². The molecule has 2 aliphatic heterocycles. The zero-order chi connectivity index (χ0) is 10.8. The molecule has 4 unspecified atom stereocenters. The summed E-state index contributed by atoms with van der Waals surface area (Å²) in [5, 5.41) is 9.88. The van der Waals surface area contributed by atoms with Crippen molar-refractivity contribution >= 4 is 17.8 Å². The molecule has 2 rings (SSSR count). The van der Waals surface area contributed by atoms with E-state index in [1.54, 1.807) is 0 Å². The Hall–Kier alpha value is -0.420. The molecule has 0 radical (unpaired) electrons. The molecule has 0 aromatic rings. The predicted molar refractivity (Wildman–Crippen MR) is 63.2 cm³/mol. The lowest BCUT2D eigenvalue weighted by Gasteiger charge is -2.26. The molecule has 0 spiro atoms. The van der Waals surface area contributed by atoms with Crippen molar-refractivity contribution in [2.45, 2.75) is 43.1 Å². The van der Waals surface area contributed by atoms with Crippen molar-refractivity contribution in [1.29, 1.82) is 0 Å². The van der Waals surface area contributed by atoms with Gasteiger partial charge < -0.3 is 16.0 Å². The van der Waals surface area contributed by atoms with Gasteiger partial charge in [-0.05, 0) is 13.5 Å². The summed E-state index contributed by atoms with van der Waals surface area (Å²) < 4.78 is 0. The Bertz CT molecular complexity index is 249. The second kappa shape index (κ2) is 4.61. The fourth-order valence-corrected chi connectivity index (χ4v) is 4.17. The van der Waals surface area contributed by atoms with E-state index < -0.39 is 0 Å². The van der Waals surface area contributed by atoms with Crippen molar-refractivity contribution in [1.82, 2.24) is 16.0 Å². The van der Waals surface area contributed by atoms with E-state index in [2.05, 4.69) is 22.9 Å². The van der Waals surface area contributed by atoms with Crippen LogP contribution >= 0.6 is 11.8 Å². The van der Waals surface area contributed by atoms with E-state index in [4.69, 9.17) is 0 Å². The van der Waals surface area contributed by atoms with Crippen LogP contribution in [0.1, 0.15) is 19.8 Å². The molecule has 4 atom stereocenters. The highest BCUT2D eigenvalue weighted by molar-refractivity contribution is 8.00. The van der Waals surface area contributed by atoms with Crippen molar-refractivity contribution in [2.75, 3.05) is 12.8 Å². The average molecular weight is 229 g/mol. The lowest BCUT2D eigenvalue weighted by atomic mass is 9.99. The number of amides is 2. The van der Waals surface area contributed by atoms with Crippen LogP contribution in [0, 0.1) is 0 Å². The van der Waals surface area contributed by atoms with E-state index in [0.717, 1.165) is 5.75 Å². The molecular weight excluding hydrogens is 210 g/mol. The van der Waals surface area contributed by atoms with Crippen molar-refractivity contribution < 1.29 is 4.79 Å². The molecule has 2 saturated heterocycles. The van der Waals surface area contributed by atoms with Gasteiger partial charge in [0.15, 0.2) is 0 Å². The van der Waals surface area contributed by atoms with Crippen molar-refractivity contribution in [3.8, 4) is 0 Å². The SMILES string of the molecule is CCCC(NC)C1SCC2NC(=O)NC21. The fourth-order valence-electron chi connectivity index (χ4n) is 2.48. The van der Waals surface area contributed by atoms with E-state index >= 15 is 0 Å². The van der Waals surface area contributed by atoms with Crippen LogP contribution in [-0.2, 0) is 0 Å². The van der Waals surface area contributed by atoms with Crippen molar-refractivity contribution in [2.24, 2.45) is 0 Å². The van der Waals surface area contributed by atoms with Crippen molar-refractivity contribution in [3.63, 3.8) is 0 Å². The van der Waals surface area contributed by atoms with Crippen molar-refractivity contribution in [3.05, 3.63) is 0 Å². The number of urea groups is 1. The Balaban J connectivity index is 2.00. The molecule has 2 fully saturated rings. The van der Waals surface area contributed by atoms with Crippen LogP contribution in [0.2, 0.25) is 0 Å². The maximum atomic E-state index is 11.2. The summed E-state index contributed by atoms with van der Waals surface area (Å²) in [7, 11) is 2.01. The topological polar surface area (TPSA) is 53.2 Å². The van der Waals surface area contributed by atoms with E-state index in [1.807, 2.05) is 18.8 Å². The van der Waals surface area contributed by atoms with Gasteiger partial charge in [0.25, 0.3) is 0 Å². The first kappa shape index (κ1) is 11.1. The van der Waals surface area contributed by atoms with E-state index in [1.165, 1.54) is 12.8 Å². The maximum absolute atomic E-state index is 11.2. The number of carbonyl (C=O) groups excluding carboxylic acids is 1. The summed E-state index contributed by atoms with van der Waals surface area (Å²) in [6, 6.07) is 1.16. The van der Waals surface area contributed by atoms with Crippen LogP contribution < -0.4 is 16.0 Å². The number of carbonyl (C=O) groups is 1. The molecular formula is C10H19N3OS. The molecule has 3 N–H and O–H groups in total. The number of hydrogen-bond acceptors (Lipinski definition) is 3. The third-order valence-electron chi connectivity index (χ3n) is 3.24. The van der Waals surface area contributed by atoms with Gasteiger partial charge in [-0.1, -0.05) is 13.3 Å². The summed E-state index contributed by atoms with van der Waals surface area (Å²) in [6.45, 7) is 2.20. The van der Waals surface area contributed by atoms with Crippen LogP contribution in [0.5, 0.6) is 0 Å². The highest BCUT2D eigenvalue weighted by Gasteiger charge is 2.45. The molecule has 15 heavy (non-hydrogen) atoms. The Morgan fingerprint density at radius 3 is 3.07 bits per heavy atom. The Kier molecular flexibility index (Phi) is 3.41. The fraction of sp³-hybridized carbons (Fsp3) is 0.900. The third kappa shape index (κ3) is 2.08. The van der Waals surface area contributed by atoms with Crippen LogP contribution in [0.15, 0.2) is 0 Å². The first-order chi connectivity index (χ1) is 7.26. The molecule has 2 aliphatic rings. The Morgan fingerprint density at radius 1 is 1.60 bits per heavy atom. The maximum Gasteiger partial charge on any atom is 0.315 e. The second-order valence-electron chi connectivity index (χ2n) is 4.23. The third-order valence-corrected chi connectivity index (χ3v) is 4.80. The van der Waals surface area contributed by atoms with E-state index in [-0.39, 0.29) is 6.03 Å². The van der Waals surface area contributed by atoms with Gasteiger partial charge in [0.1, 0.15) is 0 Å². The molecule has 0 aromatic carbocycles. The molecule has 0 saturated carbocycles. The van der Waals surface area contributed by atoms with E-state index in [9.17, 15) is 4.79 Å². The summed E-state index contributed by atoms with van der Waals surface area (Å²) >= 11 is 1.97. The molecule has 0 aromatic heterocycles. The Morgan fingerprint density at radius 2 is 2.40 bits per heavy atom. The zero-order valence-corrected chi connectivity index (χ0v) is 10.1. The minimum absolute atomic E-state index is 0.00153. The molecule has 0 aliphatic carbocycles. The molecule has 2 amide bonds. The number of thioether (sulfide) groups is 1. The van der Waals surface area contributed by atoms with Gasteiger partial charge in [-0.3, -0.25) is 0 Å². The smallest absolute Gasteiger partial charge is 0.315 e. The van der Waals surface area contributed by atoms with Gasteiger partial charge >= 0.3 is 6.03 Å². The summed E-state index contributed by atoms with van der Waals surface area (Å²) in [5.41, 5.74) is 0. The van der Waals surface area contributed by atoms with Crippen LogP contribution in [-0.4, -0.2) is 42.2 Å². The summed E-state index contributed by atoms with van der Waals surface area (Å²) in [6.07, 6.45) is 2.36.